The number of hydrogen-bond acceptors (Lipinski definition) is 3. The van der Waals surface area contributed by atoms with Gasteiger partial charge >= 0.3 is 0 Å². The molecule has 2 rings (SSSR count). The van der Waals surface area contributed by atoms with Gasteiger partial charge in [-0.3, -0.25) is 14.2 Å². The van der Waals surface area contributed by atoms with Gasteiger partial charge in [0.1, 0.15) is 0 Å². The number of aromatic nitrogens is 1. The quantitative estimate of drug-likeness (QED) is 0.561. The zero-order chi connectivity index (χ0) is 11.4. The molecule has 0 saturated carbocycles. The van der Waals surface area contributed by atoms with Gasteiger partial charge in [0.25, 0.3) is 6.47 Å². The van der Waals surface area contributed by atoms with Crippen LogP contribution in [0.25, 0.3) is 10.9 Å². The van der Waals surface area contributed by atoms with Crippen LogP contribution in [0, 0.1) is 0 Å². The first-order valence-electron chi connectivity index (χ1n) is 4.96. The van der Waals surface area contributed by atoms with Crippen molar-refractivity contribution in [1.82, 2.24) is 4.57 Å². The van der Waals surface area contributed by atoms with Crippen LogP contribution in [-0.2, 0) is 20.7 Å². The van der Waals surface area contributed by atoms with Crippen molar-refractivity contribution in [3.8, 4) is 0 Å². The Kier molecular flexibility index (Phi) is 3.00. The van der Waals surface area contributed by atoms with E-state index in [0.29, 0.717) is 19.5 Å². The molecule has 82 valence electrons. The van der Waals surface area contributed by atoms with Gasteiger partial charge in [-0.25, -0.2) is 0 Å². The van der Waals surface area contributed by atoms with Gasteiger partial charge in [0.15, 0.2) is 0 Å². The van der Waals surface area contributed by atoms with Gasteiger partial charge in [0.05, 0.1) is 12.1 Å². The Bertz CT molecular complexity index is 516. The van der Waals surface area contributed by atoms with E-state index in [-0.39, 0.29) is 0 Å². The molecule has 0 spiro atoms. The van der Waals surface area contributed by atoms with E-state index >= 15 is 0 Å². The third-order valence-corrected chi connectivity index (χ3v) is 2.49. The minimum Gasteiger partial charge on any atom is -0.468 e. The lowest BCUT2D eigenvalue weighted by atomic mass is 10.1. The molecule has 1 aromatic carbocycles. The lowest BCUT2D eigenvalue weighted by molar-refractivity contribution is -0.128. The molecule has 0 aliphatic carbocycles. The Morgan fingerprint density at radius 1 is 1.25 bits per heavy atom. The summed E-state index contributed by atoms with van der Waals surface area (Å²) in [4.78, 5) is 20.9. The third kappa shape index (κ3) is 1.82. The average molecular weight is 217 g/mol. The molecule has 0 radical (unpaired) electrons. The summed E-state index contributed by atoms with van der Waals surface area (Å²) in [6, 6.07) is 7.63. The number of carbonyl (C=O) groups is 2. The van der Waals surface area contributed by atoms with Crippen molar-refractivity contribution < 1.29 is 14.3 Å². The summed E-state index contributed by atoms with van der Waals surface area (Å²) in [5.41, 5.74) is 1.88. The van der Waals surface area contributed by atoms with Gasteiger partial charge in [0.2, 0.25) is 6.41 Å². The molecule has 0 saturated heterocycles. The van der Waals surface area contributed by atoms with Crippen LogP contribution in [0.2, 0.25) is 0 Å². The topological polar surface area (TPSA) is 48.3 Å². The van der Waals surface area contributed by atoms with Crippen molar-refractivity contribution in [2.75, 3.05) is 6.61 Å². The monoisotopic (exact) mass is 217 g/mol. The molecule has 16 heavy (non-hydrogen) atoms. The fraction of sp³-hybridized carbons (Fsp3) is 0.167. The van der Waals surface area contributed by atoms with Crippen LogP contribution in [0.3, 0.4) is 0 Å². The summed E-state index contributed by atoms with van der Waals surface area (Å²) in [7, 11) is 0. The zero-order valence-electron chi connectivity index (χ0n) is 8.63. The molecule has 4 nitrogen and oxygen atoms in total. The molecular formula is C12H11NO3. The Morgan fingerprint density at radius 2 is 2.06 bits per heavy atom. The molecule has 4 heteroatoms. The second-order valence-corrected chi connectivity index (χ2v) is 3.40. The highest BCUT2D eigenvalue weighted by atomic mass is 16.5. The van der Waals surface area contributed by atoms with Crippen LogP contribution < -0.4 is 0 Å². The highest BCUT2D eigenvalue weighted by molar-refractivity contribution is 5.88. The molecule has 1 heterocycles. The summed E-state index contributed by atoms with van der Waals surface area (Å²) in [6.45, 7) is 0.759. The predicted octanol–water partition coefficient (Wildman–Crippen LogP) is 1.40. The Balaban J connectivity index is 2.37. The van der Waals surface area contributed by atoms with Crippen molar-refractivity contribution in [1.29, 1.82) is 0 Å². The molecular weight excluding hydrogens is 206 g/mol. The second-order valence-electron chi connectivity index (χ2n) is 3.40. The summed E-state index contributed by atoms with van der Waals surface area (Å²) in [5, 5.41) is 1.02. The molecule has 0 N–H and O–H groups in total. The molecule has 2 aromatic rings. The molecule has 0 atom stereocenters. The Labute approximate surface area is 92.4 Å². The van der Waals surface area contributed by atoms with E-state index in [9.17, 15) is 9.59 Å². The predicted molar refractivity (Wildman–Crippen MR) is 59.8 cm³/mol. The zero-order valence-corrected chi connectivity index (χ0v) is 8.63. The van der Waals surface area contributed by atoms with Crippen LogP contribution in [-0.4, -0.2) is 24.1 Å². The number of rotatable bonds is 5. The molecule has 0 bridgehead atoms. The number of para-hydroxylation sites is 1. The number of nitrogens with zero attached hydrogens (tertiary/aromatic N) is 1. The van der Waals surface area contributed by atoms with Crippen molar-refractivity contribution in [2.24, 2.45) is 0 Å². The lowest BCUT2D eigenvalue weighted by Gasteiger charge is -1.97. The van der Waals surface area contributed by atoms with E-state index in [2.05, 4.69) is 4.74 Å². The van der Waals surface area contributed by atoms with Crippen LogP contribution in [0.15, 0.2) is 30.5 Å². The normalized spacial score (nSPS) is 10.2. The number of hydrogen-bond donors (Lipinski definition) is 0. The van der Waals surface area contributed by atoms with E-state index in [1.165, 1.54) is 4.57 Å². The van der Waals surface area contributed by atoms with Gasteiger partial charge in [0, 0.05) is 18.0 Å². The van der Waals surface area contributed by atoms with Crippen molar-refractivity contribution in [2.45, 2.75) is 6.42 Å². The van der Waals surface area contributed by atoms with Crippen molar-refractivity contribution >= 4 is 23.8 Å². The SMILES string of the molecule is O=COCCc1cn(C=O)c2ccccc12. The maximum atomic E-state index is 10.8. The minimum atomic E-state index is 0.330. The first-order chi connectivity index (χ1) is 7.86. The first kappa shape index (κ1) is 10.4. The van der Waals surface area contributed by atoms with E-state index in [0.717, 1.165) is 22.9 Å². The van der Waals surface area contributed by atoms with Crippen LogP contribution in [0.5, 0.6) is 0 Å². The van der Waals surface area contributed by atoms with Gasteiger partial charge < -0.3 is 4.74 Å². The van der Waals surface area contributed by atoms with E-state index in [1.54, 1.807) is 6.20 Å². The highest BCUT2D eigenvalue weighted by Gasteiger charge is 2.06. The Hall–Kier alpha value is -2.10. The molecule has 1 aromatic heterocycles. The number of carbonyl (C=O) groups excluding carboxylic acids is 2. The van der Waals surface area contributed by atoms with Gasteiger partial charge in [-0.2, -0.15) is 0 Å². The summed E-state index contributed by atoms with van der Waals surface area (Å²) in [6.07, 6.45) is 3.15. The molecule has 0 amide bonds. The molecule has 0 aliphatic rings. The fourth-order valence-corrected chi connectivity index (χ4v) is 1.78. The van der Waals surface area contributed by atoms with Crippen LogP contribution in [0.1, 0.15) is 5.56 Å². The fourth-order valence-electron chi connectivity index (χ4n) is 1.78. The molecule has 0 fully saturated rings. The van der Waals surface area contributed by atoms with Gasteiger partial charge in [-0.15, -0.1) is 0 Å². The Morgan fingerprint density at radius 3 is 2.81 bits per heavy atom. The number of ether oxygens (including phenoxy) is 1. The first-order valence-corrected chi connectivity index (χ1v) is 4.96. The maximum absolute atomic E-state index is 10.8. The summed E-state index contributed by atoms with van der Waals surface area (Å²) in [5.74, 6) is 0. The summed E-state index contributed by atoms with van der Waals surface area (Å²) < 4.78 is 6.18. The van der Waals surface area contributed by atoms with Crippen molar-refractivity contribution in [3.63, 3.8) is 0 Å². The maximum Gasteiger partial charge on any atom is 0.293 e. The second kappa shape index (κ2) is 4.61. The minimum absolute atomic E-state index is 0.330. The van der Waals surface area contributed by atoms with Gasteiger partial charge in [-0.1, -0.05) is 18.2 Å². The van der Waals surface area contributed by atoms with E-state index < -0.39 is 0 Å². The molecule has 0 aliphatic heterocycles. The average Bonchev–Trinajstić information content (AvgIpc) is 2.68. The van der Waals surface area contributed by atoms with E-state index in [4.69, 9.17) is 0 Å². The number of fused-ring (bicyclic) bond motifs is 1. The van der Waals surface area contributed by atoms with Crippen LogP contribution >= 0.6 is 0 Å². The smallest absolute Gasteiger partial charge is 0.293 e. The summed E-state index contributed by atoms with van der Waals surface area (Å²) >= 11 is 0. The number of benzene rings is 1. The largest absolute Gasteiger partial charge is 0.468 e. The van der Waals surface area contributed by atoms with Crippen LogP contribution in [0.4, 0.5) is 0 Å². The lowest BCUT2D eigenvalue weighted by Crippen LogP contribution is -1.96. The van der Waals surface area contributed by atoms with Gasteiger partial charge in [-0.05, 0) is 11.6 Å². The highest BCUT2D eigenvalue weighted by Crippen LogP contribution is 2.20. The standard InChI is InChI=1S/C12H11NO3/c14-8-13-7-10(5-6-16-9-15)11-3-1-2-4-12(11)13/h1-4,7-9H,5-6H2. The molecule has 0 unspecified atom stereocenters. The van der Waals surface area contributed by atoms with Crippen molar-refractivity contribution in [3.05, 3.63) is 36.0 Å². The third-order valence-electron chi connectivity index (χ3n) is 2.49. The van der Waals surface area contributed by atoms with E-state index in [1.807, 2.05) is 24.3 Å².